The highest BCUT2D eigenvalue weighted by atomic mass is 16.5. The normalized spacial score (nSPS) is 18.7. The number of ether oxygens (including phenoxy) is 1. The van der Waals surface area contributed by atoms with Crippen molar-refractivity contribution in [2.45, 2.75) is 19.4 Å². The van der Waals surface area contributed by atoms with Gasteiger partial charge in [0.05, 0.1) is 12.7 Å². The van der Waals surface area contributed by atoms with E-state index in [-0.39, 0.29) is 11.3 Å². The van der Waals surface area contributed by atoms with Crippen LogP contribution < -0.4 is 4.74 Å². The molecule has 1 atom stereocenters. The molecule has 1 amide bonds. The smallest absolute Gasteiger partial charge is 0.295 e. The highest BCUT2D eigenvalue weighted by Crippen LogP contribution is 2.40. The van der Waals surface area contributed by atoms with E-state index in [2.05, 4.69) is 0 Å². The van der Waals surface area contributed by atoms with Gasteiger partial charge in [0.2, 0.25) is 0 Å². The molecule has 7 nitrogen and oxygen atoms in total. The minimum atomic E-state index is -0.767. The Labute approximate surface area is 170 Å². The second-order valence-corrected chi connectivity index (χ2v) is 7.33. The van der Waals surface area contributed by atoms with E-state index >= 15 is 0 Å². The Morgan fingerprint density at radius 3 is 2.62 bits per heavy atom. The molecule has 7 heteroatoms. The summed E-state index contributed by atoms with van der Waals surface area (Å²) in [5.74, 6) is 0.0776. The van der Waals surface area contributed by atoms with E-state index < -0.39 is 17.7 Å². The van der Waals surface area contributed by atoms with Crippen molar-refractivity contribution >= 4 is 17.4 Å². The van der Waals surface area contributed by atoms with Crippen LogP contribution in [0, 0.1) is 6.92 Å². The summed E-state index contributed by atoms with van der Waals surface area (Å²) in [6, 6.07) is 9.50. The first-order valence-corrected chi connectivity index (χ1v) is 9.47. The summed E-state index contributed by atoms with van der Waals surface area (Å²) >= 11 is 0. The number of amides is 1. The molecule has 1 aromatic heterocycles. The Bertz CT molecular complexity index is 944. The summed E-state index contributed by atoms with van der Waals surface area (Å²) in [5.41, 5.74) is 0.436. The molecule has 1 unspecified atom stereocenters. The molecule has 2 heterocycles. The Balaban J connectivity index is 2.07. The fourth-order valence-electron chi connectivity index (χ4n) is 3.49. The largest absolute Gasteiger partial charge is 0.507 e. The lowest BCUT2D eigenvalue weighted by molar-refractivity contribution is -0.140. The number of furan rings is 1. The van der Waals surface area contributed by atoms with Gasteiger partial charge in [-0.05, 0) is 58.3 Å². The number of aliphatic hydroxyl groups excluding tert-OH is 1. The van der Waals surface area contributed by atoms with Crippen LogP contribution in [-0.4, -0.2) is 60.9 Å². The van der Waals surface area contributed by atoms with Gasteiger partial charge in [-0.1, -0.05) is 12.1 Å². The standard InChI is InChI=1S/C22H26N2O5/c1-14-9-10-17(29-14)19-18(20(25)15-7-5-8-16(13-15)28-4)21(26)22(27)24(19)12-6-11-23(2)3/h5,7-10,13,19,25H,6,11-12H2,1-4H3/b20-18-. The average Bonchev–Trinajstić information content (AvgIpc) is 3.23. The highest BCUT2D eigenvalue weighted by Gasteiger charge is 2.47. The summed E-state index contributed by atoms with van der Waals surface area (Å²) in [7, 11) is 5.42. The average molecular weight is 398 g/mol. The van der Waals surface area contributed by atoms with Crippen LogP contribution in [0.1, 0.15) is 29.5 Å². The first-order valence-electron chi connectivity index (χ1n) is 9.47. The molecule has 1 fully saturated rings. The third-order valence-electron chi connectivity index (χ3n) is 4.92. The lowest BCUT2D eigenvalue weighted by Crippen LogP contribution is -2.32. The van der Waals surface area contributed by atoms with E-state index in [0.717, 1.165) is 6.54 Å². The zero-order valence-electron chi connectivity index (χ0n) is 17.1. The van der Waals surface area contributed by atoms with Crippen LogP contribution in [0.4, 0.5) is 0 Å². The molecule has 2 aromatic rings. The van der Waals surface area contributed by atoms with Gasteiger partial charge in [0, 0.05) is 12.1 Å². The van der Waals surface area contributed by atoms with Gasteiger partial charge in [0.15, 0.2) is 0 Å². The summed E-state index contributed by atoms with van der Waals surface area (Å²) in [6.45, 7) is 2.94. The lowest BCUT2D eigenvalue weighted by Gasteiger charge is -2.24. The molecular weight excluding hydrogens is 372 g/mol. The van der Waals surface area contributed by atoms with Crippen molar-refractivity contribution in [3.05, 3.63) is 59.1 Å². The van der Waals surface area contributed by atoms with Crippen LogP contribution in [-0.2, 0) is 9.59 Å². The molecule has 1 saturated heterocycles. The van der Waals surface area contributed by atoms with Crippen molar-refractivity contribution in [2.75, 3.05) is 34.3 Å². The van der Waals surface area contributed by atoms with E-state index in [1.165, 1.54) is 12.0 Å². The molecule has 0 spiro atoms. The maximum atomic E-state index is 12.9. The number of hydrogen-bond acceptors (Lipinski definition) is 6. The van der Waals surface area contributed by atoms with Crippen LogP contribution >= 0.6 is 0 Å². The number of aryl methyl sites for hydroxylation is 1. The van der Waals surface area contributed by atoms with Gasteiger partial charge in [0.25, 0.3) is 11.7 Å². The number of benzene rings is 1. The van der Waals surface area contributed by atoms with Crippen LogP contribution in [0.2, 0.25) is 0 Å². The number of carbonyl (C=O) groups excluding carboxylic acids is 2. The second kappa shape index (κ2) is 8.53. The minimum absolute atomic E-state index is 0.0301. The number of aliphatic hydroxyl groups is 1. The molecule has 3 rings (SSSR count). The van der Waals surface area contributed by atoms with Gasteiger partial charge in [0.1, 0.15) is 29.1 Å². The molecule has 0 saturated carbocycles. The van der Waals surface area contributed by atoms with Gasteiger partial charge in [-0.3, -0.25) is 9.59 Å². The second-order valence-electron chi connectivity index (χ2n) is 7.33. The topological polar surface area (TPSA) is 83.2 Å². The van der Waals surface area contributed by atoms with Gasteiger partial charge in [-0.2, -0.15) is 0 Å². The fourth-order valence-corrected chi connectivity index (χ4v) is 3.49. The summed E-state index contributed by atoms with van der Waals surface area (Å²) < 4.78 is 11.0. The monoisotopic (exact) mass is 398 g/mol. The number of likely N-dealkylation sites (tertiary alicyclic amines) is 1. The van der Waals surface area contributed by atoms with Crippen molar-refractivity contribution in [3.8, 4) is 5.75 Å². The number of Topliss-reactive ketones (excluding diaryl/α,β-unsaturated/α-hetero) is 1. The third kappa shape index (κ3) is 4.19. The highest BCUT2D eigenvalue weighted by molar-refractivity contribution is 6.46. The van der Waals surface area contributed by atoms with E-state index in [9.17, 15) is 14.7 Å². The summed E-state index contributed by atoms with van der Waals surface area (Å²) in [4.78, 5) is 29.2. The maximum absolute atomic E-state index is 12.9. The van der Waals surface area contributed by atoms with Gasteiger partial charge in [-0.15, -0.1) is 0 Å². The minimum Gasteiger partial charge on any atom is -0.507 e. The van der Waals surface area contributed by atoms with E-state index in [1.807, 2.05) is 19.0 Å². The molecule has 1 N–H and O–H groups in total. The predicted molar refractivity (Wildman–Crippen MR) is 109 cm³/mol. The van der Waals surface area contributed by atoms with E-state index in [0.29, 0.717) is 35.8 Å². The molecular formula is C22H26N2O5. The quantitative estimate of drug-likeness (QED) is 0.439. The molecule has 1 aliphatic heterocycles. The van der Waals surface area contributed by atoms with Crippen molar-refractivity contribution < 1.29 is 23.8 Å². The van der Waals surface area contributed by atoms with Crippen LogP contribution in [0.3, 0.4) is 0 Å². The maximum Gasteiger partial charge on any atom is 0.295 e. The number of hydrogen-bond donors (Lipinski definition) is 1. The van der Waals surface area contributed by atoms with Crippen LogP contribution in [0.15, 0.2) is 46.4 Å². The molecule has 1 aromatic carbocycles. The molecule has 0 bridgehead atoms. The Morgan fingerprint density at radius 2 is 2.00 bits per heavy atom. The number of rotatable bonds is 7. The van der Waals surface area contributed by atoms with Crippen molar-refractivity contribution in [1.29, 1.82) is 0 Å². The van der Waals surface area contributed by atoms with Gasteiger partial charge >= 0.3 is 0 Å². The molecule has 0 radical (unpaired) electrons. The number of nitrogens with zero attached hydrogens (tertiary/aromatic N) is 2. The Kier molecular flexibility index (Phi) is 6.08. The molecule has 0 aliphatic carbocycles. The van der Waals surface area contributed by atoms with Crippen LogP contribution in [0.5, 0.6) is 5.75 Å². The predicted octanol–water partition coefficient (Wildman–Crippen LogP) is 2.97. The van der Waals surface area contributed by atoms with Crippen molar-refractivity contribution in [2.24, 2.45) is 0 Å². The summed E-state index contributed by atoms with van der Waals surface area (Å²) in [5, 5.41) is 11.0. The van der Waals surface area contributed by atoms with E-state index in [1.54, 1.807) is 43.3 Å². The first kappa shape index (κ1) is 20.7. The van der Waals surface area contributed by atoms with Crippen molar-refractivity contribution in [1.82, 2.24) is 9.80 Å². The van der Waals surface area contributed by atoms with Gasteiger partial charge in [-0.25, -0.2) is 0 Å². The fraction of sp³-hybridized carbons (Fsp3) is 0.364. The Hall–Kier alpha value is -3.06. The molecule has 154 valence electrons. The van der Waals surface area contributed by atoms with Gasteiger partial charge < -0.3 is 24.1 Å². The molecule has 29 heavy (non-hydrogen) atoms. The third-order valence-corrected chi connectivity index (χ3v) is 4.92. The van der Waals surface area contributed by atoms with Crippen LogP contribution in [0.25, 0.3) is 5.76 Å². The van der Waals surface area contributed by atoms with E-state index in [4.69, 9.17) is 9.15 Å². The van der Waals surface area contributed by atoms with Crippen molar-refractivity contribution in [3.63, 3.8) is 0 Å². The summed E-state index contributed by atoms with van der Waals surface area (Å²) in [6.07, 6.45) is 0.690. The molecule has 1 aliphatic rings. The zero-order valence-corrected chi connectivity index (χ0v) is 17.1. The zero-order chi connectivity index (χ0) is 21.1. The SMILES string of the molecule is COc1cccc(/C(O)=C2/C(=O)C(=O)N(CCCN(C)C)C2c2ccc(C)o2)c1. The first-order chi connectivity index (χ1) is 13.8. The number of ketones is 1. The number of methoxy groups -OCH3 is 1. The number of carbonyl (C=O) groups is 2. The Morgan fingerprint density at radius 1 is 1.24 bits per heavy atom. The lowest BCUT2D eigenvalue weighted by atomic mass is 9.99.